The Balaban J connectivity index is 1.16. The summed E-state index contributed by atoms with van der Waals surface area (Å²) in [6.45, 7) is 3.76. The topological polar surface area (TPSA) is 54.3 Å². The van der Waals surface area contributed by atoms with Crippen molar-refractivity contribution < 1.29 is 9.18 Å². The van der Waals surface area contributed by atoms with E-state index in [-0.39, 0.29) is 16.8 Å². The molecular weight excluding hydrogens is 509 g/mol. The van der Waals surface area contributed by atoms with E-state index in [1.165, 1.54) is 18.6 Å². The summed E-state index contributed by atoms with van der Waals surface area (Å²) in [5.74, 6) is 1.23. The lowest BCUT2D eigenvalue weighted by molar-refractivity contribution is -0.168. The van der Waals surface area contributed by atoms with Crippen LogP contribution < -0.4 is 0 Å². The number of piperazine rings is 1. The Morgan fingerprint density at radius 2 is 1.88 bits per heavy atom. The number of amides is 1. The first-order valence-corrected chi connectivity index (χ1v) is 13.0. The monoisotopic (exact) mass is 535 g/mol. The third-order valence-corrected chi connectivity index (χ3v) is 9.22. The van der Waals surface area contributed by atoms with E-state index in [0.29, 0.717) is 34.0 Å². The molecule has 5 fully saturated rings. The van der Waals surface area contributed by atoms with E-state index >= 15 is 0 Å². The van der Waals surface area contributed by atoms with Crippen LogP contribution in [0.15, 0.2) is 29.3 Å². The molecule has 2 heterocycles. The van der Waals surface area contributed by atoms with Gasteiger partial charge in [-0.3, -0.25) is 9.69 Å². The van der Waals surface area contributed by atoms with Crippen LogP contribution in [0.1, 0.15) is 44.1 Å². The molecule has 4 saturated carbocycles. The fraction of sp³-hybridized carbons (Fsp3) is 0.625. The number of nitrogens with zero attached hydrogens (tertiary/aromatic N) is 5. The van der Waals surface area contributed by atoms with Crippen molar-refractivity contribution >= 4 is 33.4 Å². The van der Waals surface area contributed by atoms with Gasteiger partial charge in [0.25, 0.3) is 0 Å². The van der Waals surface area contributed by atoms with Gasteiger partial charge in [-0.15, -0.1) is 5.10 Å². The van der Waals surface area contributed by atoms with Gasteiger partial charge in [0.05, 0.1) is 11.0 Å². The van der Waals surface area contributed by atoms with Crippen molar-refractivity contribution in [1.82, 2.24) is 24.6 Å². The molecule has 0 N–H and O–H groups in total. The Morgan fingerprint density at radius 3 is 2.52 bits per heavy atom. The Kier molecular flexibility index (Phi) is 5.35. The predicted octanol–water partition coefficient (Wildman–Crippen LogP) is 4.47. The molecule has 0 radical (unpaired) electrons. The fourth-order valence-corrected chi connectivity index (χ4v) is 8.03. The van der Waals surface area contributed by atoms with E-state index in [4.69, 9.17) is 11.6 Å². The number of benzene rings is 1. The van der Waals surface area contributed by atoms with Gasteiger partial charge >= 0.3 is 0 Å². The number of carbonyl (C=O) groups excluding carboxylic acids is 1. The molecule has 2 unspecified atom stereocenters. The average molecular weight is 537 g/mol. The molecule has 1 saturated heterocycles. The third kappa shape index (κ3) is 3.82. The summed E-state index contributed by atoms with van der Waals surface area (Å²) < 4.78 is 16.0. The van der Waals surface area contributed by atoms with Gasteiger partial charge in [-0.25, -0.2) is 14.1 Å². The Hall–Kier alpha value is -1.51. The normalized spacial score (nSPS) is 33.6. The minimum Gasteiger partial charge on any atom is -0.340 e. The quantitative estimate of drug-likeness (QED) is 0.579. The Bertz CT molecular complexity index is 1070. The zero-order valence-corrected chi connectivity index (χ0v) is 20.9. The maximum Gasteiger partial charge on any atom is 0.228 e. The second kappa shape index (κ2) is 8.02. The third-order valence-electron chi connectivity index (χ3n) is 8.50. The van der Waals surface area contributed by atoms with Crippen molar-refractivity contribution in [2.45, 2.75) is 50.6 Å². The first-order chi connectivity index (χ1) is 15.8. The van der Waals surface area contributed by atoms with Gasteiger partial charge in [0.1, 0.15) is 12.1 Å². The smallest absolute Gasteiger partial charge is 0.228 e. The molecule has 6 nitrogen and oxygen atoms in total. The molecule has 0 spiro atoms. The van der Waals surface area contributed by atoms with E-state index in [1.807, 2.05) is 6.33 Å². The summed E-state index contributed by atoms with van der Waals surface area (Å²) in [7, 11) is 0. The van der Waals surface area contributed by atoms with Crippen LogP contribution in [-0.4, -0.2) is 56.7 Å². The number of hydrogen-bond donors (Lipinski definition) is 0. The van der Waals surface area contributed by atoms with Crippen LogP contribution in [0, 0.1) is 23.1 Å². The zero-order valence-electron chi connectivity index (χ0n) is 18.5. The highest BCUT2D eigenvalue weighted by Crippen LogP contribution is 2.64. The van der Waals surface area contributed by atoms with Gasteiger partial charge in [0.15, 0.2) is 0 Å². The van der Waals surface area contributed by atoms with Crippen LogP contribution in [-0.2, 0) is 16.9 Å². The van der Waals surface area contributed by atoms with Gasteiger partial charge in [-0.2, -0.15) is 0 Å². The van der Waals surface area contributed by atoms with E-state index in [0.717, 1.165) is 63.8 Å². The lowest BCUT2D eigenvalue weighted by Gasteiger charge is -2.61. The van der Waals surface area contributed by atoms with Crippen molar-refractivity contribution in [2.75, 3.05) is 26.2 Å². The van der Waals surface area contributed by atoms with Gasteiger partial charge < -0.3 is 4.90 Å². The largest absolute Gasteiger partial charge is 0.340 e. The number of hydrogen-bond acceptors (Lipinski definition) is 4. The van der Waals surface area contributed by atoms with Crippen LogP contribution in [0.2, 0.25) is 5.02 Å². The number of rotatable bonds is 4. The molecule has 9 heteroatoms. The van der Waals surface area contributed by atoms with Crippen LogP contribution in [0.25, 0.3) is 0 Å². The number of carbonyl (C=O) groups is 1. The molecule has 1 aromatic carbocycles. The summed E-state index contributed by atoms with van der Waals surface area (Å²) in [6.07, 6.45) is 8.23. The van der Waals surface area contributed by atoms with Gasteiger partial charge in [0, 0.05) is 37.7 Å². The van der Waals surface area contributed by atoms with Crippen molar-refractivity contribution in [1.29, 1.82) is 0 Å². The highest BCUT2D eigenvalue weighted by atomic mass is 79.9. The molecule has 4 aliphatic carbocycles. The molecule has 1 amide bonds. The Morgan fingerprint density at radius 1 is 1.15 bits per heavy atom. The van der Waals surface area contributed by atoms with Gasteiger partial charge in [-0.1, -0.05) is 17.7 Å². The second-order valence-electron chi connectivity index (χ2n) is 10.7. The summed E-state index contributed by atoms with van der Waals surface area (Å²) in [5, 5.41) is 5.09. The van der Waals surface area contributed by atoms with Gasteiger partial charge in [-0.05, 0) is 84.0 Å². The molecule has 33 heavy (non-hydrogen) atoms. The molecule has 5 aliphatic rings. The van der Waals surface area contributed by atoms with Crippen molar-refractivity contribution in [2.24, 2.45) is 17.3 Å². The minimum absolute atomic E-state index is 0.0695. The molecular formula is C24H28BrClFN5O. The van der Waals surface area contributed by atoms with E-state index in [9.17, 15) is 9.18 Å². The van der Waals surface area contributed by atoms with Gasteiger partial charge in [0.2, 0.25) is 10.6 Å². The molecule has 176 valence electrons. The molecule has 2 atom stereocenters. The average Bonchev–Trinajstić information content (AvgIpc) is 3.22. The first-order valence-electron chi connectivity index (χ1n) is 11.9. The predicted molar refractivity (Wildman–Crippen MR) is 126 cm³/mol. The maximum absolute atomic E-state index is 14.0. The lowest BCUT2D eigenvalue weighted by atomic mass is 9.46. The van der Waals surface area contributed by atoms with Crippen LogP contribution in [0.5, 0.6) is 0 Å². The van der Waals surface area contributed by atoms with Crippen molar-refractivity contribution in [3.63, 3.8) is 0 Å². The SMILES string of the molecule is O=C(N1CCN(Cc2ccc(F)cc2Cl)CC1)C12CC3CC(C1)CC(n1cnc(Br)n1)(C3)C2. The maximum atomic E-state index is 14.0. The lowest BCUT2D eigenvalue weighted by Crippen LogP contribution is -2.62. The molecule has 1 aliphatic heterocycles. The van der Waals surface area contributed by atoms with Crippen molar-refractivity contribution in [3.8, 4) is 0 Å². The highest BCUT2D eigenvalue weighted by Gasteiger charge is 2.62. The van der Waals surface area contributed by atoms with Crippen LogP contribution in [0.4, 0.5) is 4.39 Å². The highest BCUT2D eigenvalue weighted by molar-refractivity contribution is 9.10. The second-order valence-corrected chi connectivity index (χ2v) is 11.8. The first kappa shape index (κ1) is 22.0. The Labute approximate surface area is 206 Å². The standard InChI is InChI=1S/C24H28BrClFN5O/c25-22-28-15-32(29-22)24-11-16-7-17(12-24)10-23(9-16,14-24)21(33)31-5-3-30(4-6-31)13-18-1-2-19(27)8-20(18)26/h1-2,8,15-17H,3-7,9-14H2. The minimum atomic E-state index is -0.314. The van der Waals surface area contributed by atoms with E-state index in [1.54, 1.807) is 6.07 Å². The van der Waals surface area contributed by atoms with Crippen LogP contribution >= 0.6 is 27.5 Å². The number of halogens is 3. The summed E-state index contributed by atoms with van der Waals surface area (Å²) in [4.78, 5) is 22.7. The van der Waals surface area contributed by atoms with E-state index < -0.39 is 0 Å². The summed E-state index contributed by atoms with van der Waals surface area (Å²) in [5.41, 5.74) is 0.602. The summed E-state index contributed by atoms with van der Waals surface area (Å²) >= 11 is 9.63. The van der Waals surface area contributed by atoms with Crippen molar-refractivity contribution in [3.05, 3.63) is 45.7 Å². The molecule has 7 rings (SSSR count). The van der Waals surface area contributed by atoms with Crippen LogP contribution in [0.3, 0.4) is 0 Å². The van der Waals surface area contributed by atoms with E-state index in [2.05, 4.69) is 40.5 Å². The molecule has 4 bridgehead atoms. The fourth-order valence-electron chi connectivity index (χ4n) is 7.54. The zero-order chi connectivity index (χ0) is 22.8. The summed E-state index contributed by atoms with van der Waals surface area (Å²) in [6, 6.07) is 4.58. The number of aromatic nitrogens is 3. The molecule has 1 aromatic heterocycles. The molecule has 2 aromatic rings.